The van der Waals surface area contributed by atoms with Gasteiger partial charge < -0.3 is 9.66 Å². The van der Waals surface area contributed by atoms with Crippen molar-refractivity contribution in [1.29, 1.82) is 0 Å². The first-order chi connectivity index (χ1) is 12.7. The van der Waals surface area contributed by atoms with E-state index in [0.29, 0.717) is 16.5 Å². The van der Waals surface area contributed by atoms with E-state index in [2.05, 4.69) is 16.3 Å². The number of hydrogen-bond donors (Lipinski definition) is 1. The van der Waals surface area contributed by atoms with Gasteiger partial charge in [-0.2, -0.15) is 10.2 Å². The molecule has 0 spiro atoms. The van der Waals surface area contributed by atoms with Crippen molar-refractivity contribution < 1.29 is 89.8 Å². The molecule has 3 aromatic carbocycles. The largest absolute Gasteiger partial charge is 1.00 e. The van der Waals surface area contributed by atoms with E-state index < -0.39 is 20.7 Å². The molecule has 0 aromatic heterocycles. The average molecular weight is 452 g/mol. The summed E-state index contributed by atoms with van der Waals surface area (Å²) in [6.45, 7) is 0. The zero-order chi connectivity index (χ0) is 20.0. The minimum Gasteiger partial charge on any atom is -0.752 e. The number of nitrogens with zero attached hydrogens (tertiary/aromatic N) is 2. The van der Waals surface area contributed by atoms with E-state index >= 15 is 0 Å². The van der Waals surface area contributed by atoms with E-state index in [1.807, 2.05) is 6.07 Å². The molecule has 140 valence electrons. The van der Waals surface area contributed by atoms with Crippen LogP contribution in [-0.2, 0) is 20.7 Å². The summed E-state index contributed by atoms with van der Waals surface area (Å²) in [6.07, 6.45) is 0. The Kier molecular flexibility index (Phi) is 12.0. The fourth-order valence-corrected chi connectivity index (χ4v) is 2.53. The van der Waals surface area contributed by atoms with Crippen LogP contribution in [0.4, 0.5) is 11.4 Å². The van der Waals surface area contributed by atoms with Crippen molar-refractivity contribution in [2.45, 2.75) is 4.90 Å². The van der Waals surface area contributed by atoms with Gasteiger partial charge >= 0.3 is 69.7 Å². The minimum absolute atomic E-state index is 0. The monoisotopic (exact) mass is 452 g/mol. The van der Waals surface area contributed by atoms with E-state index in [1.165, 1.54) is 18.2 Å². The number of rotatable bonds is 3. The third kappa shape index (κ3) is 8.62. The number of hydrogen-bond acceptors (Lipinski definition) is 9. The minimum atomic E-state index is -4.57. The second kappa shape index (κ2) is 12.5. The van der Waals surface area contributed by atoms with Crippen molar-refractivity contribution >= 4 is 42.9 Å². The predicted octanol–water partition coefficient (Wildman–Crippen LogP) is -3.33. The quantitative estimate of drug-likeness (QED) is 0.189. The van der Waals surface area contributed by atoms with Crippen molar-refractivity contribution in [2.75, 3.05) is 0 Å². The average Bonchev–Trinajstić information content (AvgIpc) is 2.60. The second-order valence-electron chi connectivity index (χ2n) is 4.93. The summed E-state index contributed by atoms with van der Waals surface area (Å²) >= 11 is 0. The topological polar surface area (TPSA) is 153 Å². The molecule has 0 atom stereocenters. The Bertz CT molecular complexity index is 1210. The second-order valence-corrected chi connectivity index (χ2v) is 6.71. The van der Waals surface area contributed by atoms with Crippen LogP contribution in [0.2, 0.25) is 0 Å². The van der Waals surface area contributed by atoms with Crippen LogP contribution in [-0.4, -0.2) is 30.7 Å². The summed E-state index contributed by atoms with van der Waals surface area (Å²) in [4.78, 5) is -0.387. The SMILES string of the molecule is O=S(=O)([O-])c1c[c-]c2c(N=Nc3ccccc3)c(O)ccc2c1.O=S(=O)=O.[Na+].[Na+]. The molecular weight excluding hydrogens is 442 g/mol. The van der Waals surface area contributed by atoms with Gasteiger partial charge in [0, 0.05) is 0 Å². The van der Waals surface area contributed by atoms with Gasteiger partial charge in [-0.1, -0.05) is 24.3 Å². The normalized spacial score (nSPS) is 10.4. The van der Waals surface area contributed by atoms with E-state index in [0.717, 1.165) is 6.07 Å². The van der Waals surface area contributed by atoms with Crippen LogP contribution in [0.25, 0.3) is 10.8 Å². The van der Waals surface area contributed by atoms with Crippen molar-refractivity contribution in [2.24, 2.45) is 10.2 Å². The van der Waals surface area contributed by atoms with Crippen LogP contribution < -0.4 is 59.1 Å². The van der Waals surface area contributed by atoms with Gasteiger partial charge in [0.1, 0.15) is 5.75 Å². The summed E-state index contributed by atoms with van der Waals surface area (Å²) in [5.41, 5.74) is 0.754. The van der Waals surface area contributed by atoms with Crippen molar-refractivity contribution in [3.63, 3.8) is 0 Å². The fraction of sp³-hybridized carbons (Fsp3) is 0. The number of benzene rings is 3. The van der Waals surface area contributed by atoms with E-state index in [4.69, 9.17) is 12.6 Å². The Labute approximate surface area is 212 Å². The third-order valence-corrected chi connectivity index (χ3v) is 3.97. The molecule has 3 aromatic rings. The standard InChI is InChI=1S/C16H11N2O4S.2Na.O3S/c19-15-9-6-11-10-13(23(20,21)22)7-8-14(11)16(15)18-17-12-4-2-1-3-5-12;;;1-4(2)3/h1-7,9-10,19H,(H,20,21,22);;;/q-1;2*+1;/p-1. The molecule has 0 aliphatic rings. The molecule has 0 aliphatic heterocycles. The van der Waals surface area contributed by atoms with Crippen LogP contribution >= 0.6 is 0 Å². The number of azo groups is 1. The molecule has 0 amide bonds. The smallest absolute Gasteiger partial charge is 0.752 e. The van der Waals surface area contributed by atoms with Gasteiger partial charge in [-0.25, -0.2) is 8.42 Å². The third-order valence-electron chi connectivity index (χ3n) is 3.16. The maximum absolute atomic E-state index is 11.1. The van der Waals surface area contributed by atoms with Crippen LogP contribution in [0.3, 0.4) is 0 Å². The van der Waals surface area contributed by atoms with Gasteiger partial charge in [0.2, 0.25) is 0 Å². The molecule has 0 heterocycles. The first-order valence-corrected chi connectivity index (χ1v) is 9.46. The molecule has 13 heteroatoms. The number of fused-ring (bicyclic) bond motifs is 1. The maximum Gasteiger partial charge on any atom is 1.00 e. The molecule has 0 saturated heterocycles. The zero-order valence-corrected chi connectivity index (χ0v) is 20.9. The fourth-order valence-electron chi connectivity index (χ4n) is 2.05. The van der Waals surface area contributed by atoms with Gasteiger partial charge in [0.15, 0.2) is 0 Å². The first kappa shape index (κ1) is 27.8. The molecule has 9 nitrogen and oxygen atoms in total. The Morgan fingerprint density at radius 2 is 1.55 bits per heavy atom. The molecule has 29 heavy (non-hydrogen) atoms. The van der Waals surface area contributed by atoms with Gasteiger partial charge in [-0.15, -0.1) is 41.6 Å². The van der Waals surface area contributed by atoms with E-state index in [9.17, 15) is 18.1 Å². The number of phenols is 1. The van der Waals surface area contributed by atoms with Crippen molar-refractivity contribution in [3.05, 3.63) is 60.7 Å². The Morgan fingerprint density at radius 3 is 2.10 bits per heavy atom. The van der Waals surface area contributed by atoms with Crippen molar-refractivity contribution in [3.8, 4) is 5.75 Å². The molecule has 0 fully saturated rings. The molecule has 1 N–H and O–H groups in total. The molecule has 0 aliphatic carbocycles. The Balaban J connectivity index is 0.00000120. The van der Waals surface area contributed by atoms with Gasteiger partial charge in [0.05, 0.1) is 21.5 Å². The molecule has 0 saturated carbocycles. The molecule has 0 unspecified atom stereocenters. The van der Waals surface area contributed by atoms with Crippen LogP contribution in [0.5, 0.6) is 5.75 Å². The number of phenolic OH excluding ortho intramolecular Hbond substituents is 1. The summed E-state index contributed by atoms with van der Waals surface area (Å²) < 4.78 is 58.6. The molecular formula is C16H10N2Na2O7S2. The van der Waals surface area contributed by atoms with E-state index in [-0.39, 0.29) is 75.4 Å². The summed E-state index contributed by atoms with van der Waals surface area (Å²) in [7, 11) is -7.68. The predicted molar refractivity (Wildman–Crippen MR) is 92.7 cm³/mol. The summed E-state index contributed by atoms with van der Waals surface area (Å²) in [5.74, 6) is -0.119. The molecule has 0 bridgehead atoms. The molecule has 3 rings (SSSR count). The van der Waals surface area contributed by atoms with Gasteiger partial charge in [-0.3, -0.25) is 0 Å². The van der Waals surface area contributed by atoms with Gasteiger partial charge in [-0.05, 0) is 23.1 Å². The zero-order valence-electron chi connectivity index (χ0n) is 15.3. The van der Waals surface area contributed by atoms with E-state index in [1.54, 1.807) is 24.3 Å². The Morgan fingerprint density at radius 1 is 0.966 bits per heavy atom. The van der Waals surface area contributed by atoms with Crippen molar-refractivity contribution in [1.82, 2.24) is 0 Å². The maximum atomic E-state index is 11.1. The van der Waals surface area contributed by atoms with Crippen LogP contribution in [0, 0.1) is 6.07 Å². The summed E-state index contributed by atoms with van der Waals surface area (Å²) in [6, 6.07) is 16.7. The van der Waals surface area contributed by atoms with Gasteiger partial charge in [0.25, 0.3) is 0 Å². The van der Waals surface area contributed by atoms with Crippen LogP contribution in [0.1, 0.15) is 0 Å². The summed E-state index contributed by atoms with van der Waals surface area (Å²) in [5, 5.41) is 18.8. The first-order valence-electron chi connectivity index (χ1n) is 7.05. The Hall–Kier alpha value is -1.15. The molecule has 0 radical (unpaired) electrons. The number of aromatic hydroxyl groups is 1. The van der Waals surface area contributed by atoms with Crippen LogP contribution in [0.15, 0.2) is 69.7 Å².